The molecule has 1 aliphatic heterocycles. The minimum Gasteiger partial charge on any atom is -0.496 e. The van der Waals surface area contributed by atoms with Crippen LogP contribution in [-0.4, -0.2) is 24.3 Å². The summed E-state index contributed by atoms with van der Waals surface area (Å²) in [6.07, 6.45) is 1.81. The number of hydrogen-bond acceptors (Lipinski definition) is 7. The third-order valence-electron chi connectivity index (χ3n) is 7.45. The van der Waals surface area contributed by atoms with E-state index >= 15 is 0 Å². The smallest absolute Gasteiger partial charge is 0.338 e. The van der Waals surface area contributed by atoms with E-state index in [1.54, 1.807) is 25.5 Å². The summed E-state index contributed by atoms with van der Waals surface area (Å²) in [6, 6.07) is 25.9. The quantitative estimate of drug-likeness (QED) is 0.192. The first-order valence-electron chi connectivity index (χ1n) is 14.1. The van der Waals surface area contributed by atoms with E-state index in [9.17, 15) is 9.59 Å². The predicted octanol–water partition coefficient (Wildman–Crippen LogP) is 6.19. The van der Waals surface area contributed by atoms with Crippen LogP contribution in [0.3, 0.4) is 0 Å². The van der Waals surface area contributed by atoms with Crippen molar-refractivity contribution in [2.24, 2.45) is 4.99 Å². The maximum absolute atomic E-state index is 14.2. The van der Waals surface area contributed by atoms with Crippen LogP contribution >= 0.6 is 22.9 Å². The van der Waals surface area contributed by atoms with Crippen molar-refractivity contribution in [2.75, 3.05) is 13.7 Å². The lowest BCUT2D eigenvalue weighted by Gasteiger charge is -2.27. The number of fused-ring (bicyclic) bond motifs is 2. The monoisotopic (exact) mass is 624 g/mol. The Balaban J connectivity index is 1.49. The van der Waals surface area contributed by atoms with Gasteiger partial charge in [0.15, 0.2) is 4.80 Å². The van der Waals surface area contributed by atoms with E-state index in [-0.39, 0.29) is 12.2 Å². The van der Waals surface area contributed by atoms with Crippen LogP contribution in [0.15, 0.2) is 106 Å². The highest BCUT2D eigenvalue weighted by Crippen LogP contribution is 2.40. The number of halogens is 1. The van der Waals surface area contributed by atoms with Crippen LogP contribution in [0.1, 0.15) is 36.6 Å². The first-order chi connectivity index (χ1) is 21.4. The number of hydrogen-bond donors (Lipinski definition) is 0. The molecule has 0 N–H and O–H groups in total. The van der Waals surface area contributed by atoms with Crippen LogP contribution in [0.5, 0.6) is 11.5 Å². The van der Waals surface area contributed by atoms with Gasteiger partial charge in [0.1, 0.15) is 24.1 Å². The third-order valence-corrected chi connectivity index (χ3v) is 8.80. The molecule has 0 radical (unpaired) electrons. The van der Waals surface area contributed by atoms with Gasteiger partial charge in [0, 0.05) is 16.1 Å². The molecule has 0 bridgehead atoms. The Kier molecular flexibility index (Phi) is 8.37. The van der Waals surface area contributed by atoms with Gasteiger partial charge in [-0.2, -0.15) is 0 Å². The molecule has 5 aromatic rings. The van der Waals surface area contributed by atoms with Crippen molar-refractivity contribution in [3.05, 3.63) is 138 Å². The number of allylic oxidation sites excluding steroid dienone is 1. The molecule has 0 spiro atoms. The van der Waals surface area contributed by atoms with E-state index in [0.717, 1.165) is 21.9 Å². The van der Waals surface area contributed by atoms with Gasteiger partial charge < -0.3 is 14.2 Å². The third kappa shape index (κ3) is 5.54. The van der Waals surface area contributed by atoms with Crippen molar-refractivity contribution in [3.63, 3.8) is 0 Å². The molecule has 0 saturated carbocycles. The van der Waals surface area contributed by atoms with Crippen molar-refractivity contribution in [1.29, 1.82) is 0 Å². The Morgan fingerprint density at radius 1 is 1.05 bits per heavy atom. The Hall–Kier alpha value is -4.66. The number of esters is 1. The maximum Gasteiger partial charge on any atom is 0.338 e. The molecule has 9 heteroatoms. The molecule has 0 saturated heterocycles. The summed E-state index contributed by atoms with van der Waals surface area (Å²) >= 11 is 7.56. The van der Waals surface area contributed by atoms with E-state index < -0.39 is 12.0 Å². The van der Waals surface area contributed by atoms with E-state index in [0.29, 0.717) is 49.3 Å². The second kappa shape index (κ2) is 12.5. The Morgan fingerprint density at radius 3 is 2.64 bits per heavy atom. The Morgan fingerprint density at radius 2 is 1.84 bits per heavy atom. The van der Waals surface area contributed by atoms with Crippen LogP contribution in [0.2, 0.25) is 5.02 Å². The number of thiazole rings is 1. The van der Waals surface area contributed by atoms with E-state index in [1.165, 1.54) is 11.3 Å². The summed E-state index contributed by atoms with van der Waals surface area (Å²) in [5.74, 6) is 0.680. The standard InChI is InChI=1S/C35H29ClN2O5S/c1-4-42-34(40)30-21(2)37-35-38(32(30)31-26-14-7-5-11-23(26)16-17-28(31)41-3)33(39)29(44-35)19-22-10-9-13-25(18-22)43-20-24-12-6-8-15-27(24)36/h5-19,32H,4,20H2,1-3H3/b29-19-/t32-/m1/s1. The number of ether oxygens (including phenoxy) is 3. The molecule has 0 aliphatic carbocycles. The number of rotatable bonds is 8. The SMILES string of the molecule is CCOC(=O)C1=C(C)N=c2s/c(=C\c3cccc(OCc4ccccc4Cl)c3)c(=O)n2[C@H]1c1c(OC)ccc2ccccc12. The molecule has 1 aromatic heterocycles. The molecule has 4 aromatic carbocycles. The van der Waals surface area contributed by atoms with Crippen molar-refractivity contribution >= 4 is 45.8 Å². The summed E-state index contributed by atoms with van der Waals surface area (Å²) in [6.45, 7) is 4.03. The molecule has 222 valence electrons. The average Bonchev–Trinajstić information content (AvgIpc) is 3.33. The van der Waals surface area contributed by atoms with Crippen molar-refractivity contribution in [3.8, 4) is 11.5 Å². The number of carbonyl (C=O) groups is 1. The molecule has 0 unspecified atom stereocenters. The summed E-state index contributed by atoms with van der Waals surface area (Å²) in [5, 5.41) is 2.46. The molecule has 1 aliphatic rings. The second-order valence-electron chi connectivity index (χ2n) is 10.2. The first-order valence-corrected chi connectivity index (χ1v) is 15.3. The maximum atomic E-state index is 14.2. The van der Waals surface area contributed by atoms with Gasteiger partial charge in [0.2, 0.25) is 0 Å². The molecular weight excluding hydrogens is 596 g/mol. The highest BCUT2D eigenvalue weighted by Gasteiger charge is 2.36. The topological polar surface area (TPSA) is 79.1 Å². The van der Waals surface area contributed by atoms with Gasteiger partial charge in [0.05, 0.1) is 29.5 Å². The van der Waals surface area contributed by atoms with Crippen LogP contribution in [0.25, 0.3) is 16.8 Å². The van der Waals surface area contributed by atoms with Gasteiger partial charge >= 0.3 is 5.97 Å². The molecule has 0 fully saturated rings. The summed E-state index contributed by atoms with van der Waals surface area (Å²) in [7, 11) is 1.58. The Bertz CT molecular complexity index is 2110. The first kappa shape index (κ1) is 29.4. The lowest BCUT2D eigenvalue weighted by molar-refractivity contribution is -0.139. The van der Waals surface area contributed by atoms with Crippen molar-refractivity contribution < 1.29 is 19.0 Å². The molecular formula is C35H29ClN2O5S. The van der Waals surface area contributed by atoms with Gasteiger partial charge in [-0.15, -0.1) is 0 Å². The number of aromatic nitrogens is 1. The van der Waals surface area contributed by atoms with Gasteiger partial charge in [-0.25, -0.2) is 9.79 Å². The van der Waals surface area contributed by atoms with Crippen LogP contribution < -0.4 is 24.4 Å². The number of benzene rings is 4. The van der Waals surface area contributed by atoms with Gasteiger partial charge in [0.25, 0.3) is 5.56 Å². The van der Waals surface area contributed by atoms with Gasteiger partial charge in [-0.3, -0.25) is 9.36 Å². The predicted molar refractivity (Wildman–Crippen MR) is 173 cm³/mol. The highest BCUT2D eigenvalue weighted by atomic mass is 35.5. The summed E-state index contributed by atoms with van der Waals surface area (Å²) in [4.78, 5) is 32.9. The van der Waals surface area contributed by atoms with Gasteiger partial charge in [-0.1, -0.05) is 83.6 Å². The minimum absolute atomic E-state index is 0.189. The van der Waals surface area contributed by atoms with Gasteiger partial charge in [-0.05, 0) is 60.5 Å². The minimum atomic E-state index is -0.807. The lowest BCUT2D eigenvalue weighted by atomic mass is 9.90. The zero-order valence-corrected chi connectivity index (χ0v) is 25.9. The second-order valence-corrected chi connectivity index (χ2v) is 11.6. The lowest BCUT2D eigenvalue weighted by Crippen LogP contribution is -2.40. The molecule has 7 nitrogen and oxygen atoms in total. The normalized spacial score (nSPS) is 14.7. The zero-order chi connectivity index (χ0) is 30.8. The summed E-state index contributed by atoms with van der Waals surface area (Å²) in [5.41, 5.74) is 2.88. The van der Waals surface area contributed by atoms with E-state index in [1.807, 2.05) is 91.0 Å². The van der Waals surface area contributed by atoms with Crippen molar-refractivity contribution in [2.45, 2.75) is 26.5 Å². The largest absolute Gasteiger partial charge is 0.496 e. The molecule has 1 atom stereocenters. The fraction of sp³-hybridized carbons (Fsp3) is 0.171. The summed E-state index contributed by atoms with van der Waals surface area (Å²) < 4.78 is 19.4. The van der Waals surface area contributed by atoms with E-state index in [2.05, 4.69) is 0 Å². The van der Waals surface area contributed by atoms with Crippen molar-refractivity contribution in [1.82, 2.24) is 4.57 Å². The molecule has 6 rings (SSSR count). The fourth-order valence-electron chi connectivity index (χ4n) is 5.42. The number of carbonyl (C=O) groups excluding carboxylic acids is 1. The number of nitrogens with zero attached hydrogens (tertiary/aromatic N) is 2. The van der Waals surface area contributed by atoms with Crippen LogP contribution in [0.4, 0.5) is 0 Å². The Labute approximate surface area is 262 Å². The fourth-order valence-corrected chi connectivity index (χ4v) is 6.66. The zero-order valence-electron chi connectivity index (χ0n) is 24.4. The molecule has 0 amide bonds. The molecule has 2 heterocycles. The average molecular weight is 625 g/mol. The van der Waals surface area contributed by atoms with E-state index in [4.69, 9.17) is 30.8 Å². The molecule has 44 heavy (non-hydrogen) atoms. The number of methoxy groups -OCH3 is 1. The highest BCUT2D eigenvalue weighted by molar-refractivity contribution is 7.07. The van der Waals surface area contributed by atoms with Crippen LogP contribution in [-0.2, 0) is 16.1 Å². The van der Waals surface area contributed by atoms with Crippen LogP contribution in [0, 0.1) is 0 Å².